The first-order chi connectivity index (χ1) is 10.4. The van der Waals surface area contributed by atoms with Crippen molar-refractivity contribution in [3.63, 3.8) is 0 Å². The number of aromatic amines is 1. The number of nitrogens with one attached hydrogen (secondary N) is 1. The SMILES string of the molecule is c1ccc(-c2n[nH]c(-c3ccc4ccccc4n3)n2)cc1. The molecule has 21 heavy (non-hydrogen) atoms. The van der Waals surface area contributed by atoms with E-state index in [2.05, 4.69) is 20.2 Å². The zero-order valence-corrected chi connectivity index (χ0v) is 11.2. The molecular formula is C17H12N4. The molecule has 4 rings (SSSR count). The number of hydrogen-bond acceptors (Lipinski definition) is 3. The maximum Gasteiger partial charge on any atom is 0.181 e. The Morgan fingerprint density at radius 1 is 0.714 bits per heavy atom. The van der Waals surface area contributed by atoms with Crippen LogP contribution in [0.2, 0.25) is 0 Å². The highest BCUT2D eigenvalue weighted by molar-refractivity contribution is 5.80. The van der Waals surface area contributed by atoms with E-state index in [1.165, 1.54) is 0 Å². The largest absolute Gasteiger partial charge is 0.257 e. The molecule has 0 atom stereocenters. The van der Waals surface area contributed by atoms with Crippen LogP contribution < -0.4 is 0 Å². The third kappa shape index (κ3) is 2.17. The Labute approximate surface area is 121 Å². The zero-order chi connectivity index (χ0) is 14.1. The Hall–Kier alpha value is -3.01. The van der Waals surface area contributed by atoms with Crippen LogP contribution >= 0.6 is 0 Å². The van der Waals surface area contributed by atoms with Gasteiger partial charge in [-0.2, -0.15) is 5.10 Å². The van der Waals surface area contributed by atoms with Gasteiger partial charge in [0, 0.05) is 10.9 Å². The van der Waals surface area contributed by atoms with Gasteiger partial charge in [0.1, 0.15) is 5.69 Å². The van der Waals surface area contributed by atoms with Gasteiger partial charge < -0.3 is 0 Å². The molecule has 0 spiro atoms. The monoisotopic (exact) mass is 272 g/mol. The average Bonchev–Trinajstić information content (AvgIpc) is 3.05. The van der Waals surface area contributed by atoms with Crippen LogP contribution in [-0.2, 0) is 0 Å². The van der Waals surface area contributed by atoms with Gasteiger partial charge in [-0.05, 0) is 12.1 Å². The molecule has 0 amide bonds. The van der Waals surface area contributed by atoms with Crippen LogP contribution in [0.5, 0.6) is 0 Å². The number of pyridine rings is 1. The van der Waals surface area contributed by atoms with Gasteiger partial charge in [-0.1, -0.05) is 54.6 Å². The number of aromatic nitrogens is 4. The molecule has 0 saturated heterocycles. The number of hydrogen-bond donors (Lipinski definition) is 1. The van der Waals surface area contributed by atoms with Crippen LogP contribution in [-0.4, -0.2) is 20.2 Å². The summed E-state index contributed by atoms with van der Waals surface area (Å²) < 4.78 is 0. The minimum Gasteiger partial charge on any atom is -0.257 e. The summed E-state index contributed by atoms with van der Waals surface area (Å²) in [4.78, 5) is 9.15. The normalized spacial score (nSPS) is 10.9. The third-order valence-electron chi connectivity index (χ3n) is 3.36. The lowest BCUT2D eigenvalue weighted by Gasteiger charge is -1.99. The molecule has 2 aromatic carbocycles. The van der Waals surface area contributed by atoms with Crippen molar-refractivity contribution in [1.29, 1.82) is 0 Å². The Kier molecular flexibility index (Phi) is 2.71. The van der Waals surface area contributed by atoms with Crippen LogP contribution in [0.25, 0.3) is 33.8 Å². The molecule has 4 aromatic rings. The van der Waals surface area contributed by atoms with Gasteiger partial charge in [0.25, 0.3) is 0 Å². The number of benzene rings is 2. The van der Waals surface area contributed by atoms with Gasteiger partial charge in [-0.25, -0.2) is 9.97 Å². The maximum atomic E-state index is 4.62. The molecular weight excluding hydrogens is 260 g/mol. The highest BCUT2D eigenvalue weighted by atomic mass is 15.2. The fourth-order valence-electron chi connectivity index (χ4n) is 2.29. The van der Waals surface area contributed by atoms with E-state index in [4.69, 9.17) is 0 Å². The van der Waals surface area contributed by atoms with Crippen molar-refractivity contribution in [1.82, 2.24) is 20.2 Å². The molecule has 2 heterocycles. The average molecular weight is 272 g/mol. The van der Waals surface area contributed by atoms with E-state index in [1.807, 2.05) is 66.7 Å². The van der Waals surface area contributed by atoms with Crippen molar-refractivity contribution in [3.05, 3.63) is 66.7 Å². The minimum atomic E-state index is 0.680. The summed E-state index contributed by atoms with van der Waals surface area (Å²) in [6.07, 6.45) is 0. The Balaban J connectivity index is 1.77. The first-order valence-electron chi connectivity index (χ1n) is 6.74. The molecule has 0 unspecified atom stereocenters. The number of para-hydroxylation sites is 1. The summed E-state index contributed by atoms with van der Waals surface area (Å²) in [6, 6.07) is 21.9. The predicted octanol–water partition coefficient (Wildman–Crippen LogP) is 3.69. The van der Waals surface area contributed by atoms with E-state index in [9.17, 15) is 0 Å². The lowest BCUT2D eigenvalue weighted by Crippen LogP contribution is -1.87. The summed E-state index contributed by atoms with van der Waals surface area (Å²) in [7, 11) is 0. The molecule has 0 aliphatic rings. The molecule has 0 aliphatic heterocycles. The molecule has 4 nitrogen and oxygen atoms in total. The Morgan fingerprint density at radius 3 is 2.43 bits per heavy atom. The van der Waals surface area contributed by atoms with Crippen molar-refractivity contribution in [2.75, 3.05) is 0 Å². The summed E-state index contributed by atoms with van der Waals surface area (Å²) in [5.74, 6) is 1.36. The molecule has 0 bridgehead atoms. The van der Waals surface area contributed by atoms with Crippen molar-refractivity contribution in [3.8, 4) is 22.9 Å². The van der Waals surface area contributed by atoms with E-state index in [0.717, 1.165) is 22.2 Å². The fourth-order valence-corrected chi connectivity index (χ4v) is 2.29. The van der Waals surface area contributed by atoms with E-state index < -0.39 is 0 Å². The van der Waals surface area contributed by atoms with Gasteiger partial charge >= 0.3 is 0 Å². The third-order valence-corrected chi connectivity index (χ3v) is 3.36. The standard InChI is InChI=1S/C17H12N4/c1-2-7-13(8-3-1)16-19-17(21-20-16)15-11-10-12-6-4-5-9-14(12)18-15/h1-11H,(H,19,20,21). The quantitative estimate of drug-likeness (QED) is 0.605. The highest BCUT2D eigenvalue weighted by Crippen LogP contribution is 2.20. The summed E-state index contributed by atoms with van der Waals surface area (Å²) in [5, 5.41) is 8.34. The Morgan fingerprint density at radius 2 is 1.52 bits per heavy atom. The molecule has 100 valence electrons. The van der Waals surface area contributed by atoms with Crippen molar-refractivity contribution in [2.45, 2.75) is 0 Å². The molecule has 0 saturated carbocycles. The highest BCUT2D eigenvalue weighted by Gasteiger charge is 2.08. The van der Waals surface area contributed by atoms with Crippen LogP contribution in [0, 0.1) is 0 Å². The molecule has 0 radical (unpaired) electrons. The molecule has 2 aromatic heterocycles. The van der Waals surface area contributed by atoms with E-state index in [0.29, 0.717) is 11.6 Å². The summed E-state index contributed by atoms with van der Waals surface area (Å²) >= 11 is 0. The first kappa shape index (κ1) is 11.8. The van der Waals surface area contributed by atoms with Crippen LogP contribution in [0.15, 0.2) is 66.7 Å². The number of H-pyrrole nitrogens is 1. The van der Waals surface area contributed by atoms with Gasteiger partial charge in [0.2, 0.25) is 0 Å². The van der Waals surface area contributed by atoms with Gasteiger partial charge in [0.15, 0.2) is 11.6 Å². The van der Waals surface area contributed by atoms with Gasteiger partial charge in [0.05, 0.1) is 5.52 Å². The zero-order valence-electron chi connectivity index (χ0n) is 11.2. The molecule has 0 aliphatic carbocycles. The van der Waals surface area contributed by atoms with Crippen LogP contribution in [0.4, 0.5) is 0 Å². The van der Waals surface area contributed by atoms with Crippen molar-refractivity contribution >= 4 is 10.9 Å². The topological polar surface area (TPSA) is 54.5 Å². The number of fused-ring (bicyclic) bond motifs is 1. The van der Waals surface area contributed by atoms with E-state index in [1.54, 1.807) is 0 Å². The van der Waals surface area contributed by atoms with Crippen LogP contribution in [0.1, 0.15) is 0 Å². The van der Waals surface area contributed by atoms with Gasteiger partial charge in [-0.15, -0.1) is 0 Å². The Bertz CT molecular complexity index is 897. The predicted molar refractivity (Wildman–Crippen MR) is 82.6 cm³/mol. The molecule has 1 N–H and O–H groups in total. The summed E-state index contributed by atoms with van der Waals surface area (Å²) in [5.41, 5.74) is 2.73. The summed E-state index contributed by atoms with van der Waals surface area (Å²) in [6.45, 7) is 0. The number of rotatable bonds is 2. The first-order valence-corrected chi connectivity index (χ1v) is 6.74. The van der Waals surface area contributed by atoms with Gasteiger partial charge in [-0.3, -0.25) is 5.10 Å². The number of nitrogens with zero attached hydrogens (tertiary/aromatic N) is 3. The molecule has 4 heteroatoms. The smallest absolute Gasteiger partial charge is 0.181 e. The maximum absolute atomic E-state index is 4.62. The van der Waals surface area contributed by atoms with Crippen molar-refractivity contribution in [2.24, 2.45) is 0 Å². The molecule has 0 fully saturated rings. The second-order valence-corrected chi connectivity index (χ2v) is 4.76. The van der Waals surface area contributed by atoms with E-state index >= 15 is 0 Å². The lowest BCUT2D eigenvalue weighted by atomic mass is 10.2. The lowest BCUT2D eigenvalue weighted by molar-refractivity contribution is 1.09. The minimum absolute atomic E-state index is 0.680. The fraction of sp³-hybridized carbons (Fsp3) is 0. The van der Waals surface area contributed by atoms with Crippen LogP contribution in [0.3, 0.4) is 0 Å². The second-order valence-electron chi connectivity index (χ2n) is 4.76. The second kappa shape index (κ2) is 4.83. The van der Waals surface area contributed by atoms with E-state index in [-0.39, 0.29) is 0 Å². The van der Waals surface area contributed by atoms with Crippen molar-refractivity contribution < 1.29 is 0 Å².